The summed E-state index contributed by atoms with van der Waals surface area (Å²) < 4.78 is 22.2. The Labute approximate surface area is 127 Å². The predicted octanol–water partition coefficient (Wildman–Crippen LogP) is 1.64. The molecule has 1 amide bonds. The number of carbonyl (C=O) groups excluding carboxylic acids is 1. The van der Waals surface area contributed by atoms with Gasteiger partial charge < -0.3 is 5.32 Å². The minimum absolute atomic E-state index is 0.0288. The van der Waals surface area contributed by atoms with Gasteiger partial charge in [0, 0.05) is 17.8 Å². The lowest BCUT2D eigenvalue weighted by molar-refractivity contribution is -0.121. The van der Waals surface area contributed by atoms with Crippen LogP contribution in [0.3, 0.4) is 0 Å². The highest BCUT2D eigenvalue weighted by atomic mass is 32.2. The van der Waals surface area contributed by atoms with Crippen molar-refractivity contribution in [2.45, 2.75) is 24.3 Å². The van der Waals surface area contributed by atoms with Gasteiger partial charge in [0.25, 0.3) is 0 Å². The number of hydrogen-bond donors (Lipinski definition) is 2. The van der Waals surface area contributed by atoms with Crippen molar-refractivity contribution in [3.8, 4) is 0 Å². The molecule has 112 valence electrons. The molecule has 1 aromatic heterocycles. The SMILES string of the molecule is NS(=O)(=O)c1ccc(CNC(=O)CCc2cccs2)cc1. The topological polar surface area (TPSA) is 89.3 Å². The third kappa shape index (κ3) is 4.96. The average Bonchev–Trinajstić information content (AvgIpc) is 2.95. The quantitative estimate of drug-likeness (QED) is 0.846. The second-order valence-corrected chi connectivity index (χ2v) is 7.14. The van der Waals surface area contributed by atoms with Crippen molar-refractivity contribution in [1.29, 1.82) is 0 Å². The Kier molecular flexibility index (Phi) is 5.11. The van der Waals surface area contributed by atoms with Gasteiger partial charge in [0.15, 0.2) is 0 Å². The highest BCUT2D eigenvalue weighted by Crippen LogP contribution is 2.11. The second-order valence-electron chi connectivity index (χ2n) is 4.55. The molecule has 1 aromatic carbocycles. The maximum absolute atomic E-state index is 11.7. The number of sulfonamides is 1. The molecule has 21 heavy (non-hydrogen) atoms. The van der Waals surface area contributed by atoms with Crippen LogP contribution in [0.25, 0.3) is 0 Å². The molecule has 3 N–H and O–H groups in total. The van der Waals surface area contributed by atoms with Crippen molar-refractivity contribution in [2.75, 3.05) is 0 Å². The van der Waals surface area contributed by atoms with Crippen LogP contribution in [0.5, 0.6) is 0 Å². The maximum Gasteiger partial charge on any atom is 0.238 e. The minimum atomic E-state index is -3.67. The van der Waals surface area contributed by atoms with Crippen LogP contribution in [-0.4, -0.2) is 14.3 Å². The molecule has 0 aliphatic heterocycles. The summed E-state index contributed by atoms with van der Waals surface area (Å²) in [5.41, 5.74) is 0.826. The average molecular weight is 324 g/mol. The Morgan fingerprint density at radius 1 is 1.19 bits per heavy atom. The van der Waals surface area contributed by atoms with E-state index >= 15 is 0 Å². The second kappa shape index (κ2) is 6.84. The fourth-order valence-electron chi connectivity index (χ4n) is 1.78. The van der Waals surface area contributed by atoms with Gasteiger partial charge in [0.05, 0.1) is 4.90 Å². The fraction of sp³-hybridized carbons (Fsp3) is 0.214. The van der Waals surface area contributed by atoms with E-state index in [1.807, 2.05) is 17.5 Å². The first-order chi connectivity index (χ1) is 9.95. The molecular weight excluding hydrogens is 308 g/mol. The van der Waals surface area contributed by atoms with Crippen molar-refractivity contribution in [2.24, 2.45) is 5.14 Å². The van der Waals surface area contributed by atoms with E-state index in [9.17, 15) is 13.2 Å². The summed E-state index contributed by atoms with van der Waals surface area (Å²) in [6.45, 7) is 0.369. The molecule has 0 aliphatic rings. The van der Waals surface area contributed by atoms with Crippen LogP contribution < -0.4 is 10.5 Å². The molecule has 0 aliphatic carbocycles. The Hall–Kier alpha value is -1.70. The van der Waals surface area contributed by atoms with Crippen LogP contribution in [0.15, 0.2) is 46.7 Å². The number of primary sulfonamides is 1. The van der Waals surface area contributed by atoms with Crippen molar-refractivity contribution >= 4 is 27.3 Å². The van der Waals surface area contributed by atoms with Crippen molar-refractivity contribution in [1.82, 2.24) is 5.32 Å². The van der Waals surface area contributed by atoms with Crippen LogP contribution in [0.4, 0.5) is 0 Å². The van der Waals surface area contributed by atoms with Crippen LogP contribution >= 0.6 is 11.3 Å². The van der Waals surface area contributed by atoms with E-state index < -0.39 is 10.0 Å². The molecule has 0 saturated carbocycles. The van der Waals surface area contributed by atoms with E-state index in [1.165, 1.54) is 17.0 Å². The number of aryl methyl sites for hydroxylation is 1. The number of hydrogen-bond acceptors (Lipinski definition) is 4. The lowest BCUT2D eigenvalue weighted by Crippen LogP contribution is -2.23. The van der Waals surface area contributed by atoms with E-state index in [2.05, 4.69) is 5.32 Å². The monoisotopic (exact) mass is 324 g/mol. The lowest BCUT2D eigenvalue weighted by atomic mass is 10.2. The number of thiophene rings is 1. The Bertz CT molecular complexity index is 692. The summed E-state index contributed by atoms with van der Waals surface area (Å²) in [4.78, 5) is 13.0. The van der Waals surface area contributed by atoms with Crippen LogP contribution in [-0.2, 0) is 27.8 Å². The molecular formula is C14H16N2O3S2. The molecule has 2 aromatic rings. The van der Waals surface area contributed by atoms with Gasteiger partial charge in [0.1, 0.15) is 0 Å². The molecule has 0 atom stereocenters. The molecule has 5 nitrogen and oxygen atoms in total. The molecule has 0 unspecified atom stereocenters. The molecule has 0 spiro atoms. The largest absolute Gasteiger partial charge is 0.352 e. The van der Waals surface area contributed by atoms with E-state index in [0.717, 1.165) is 12.0 Å². The van der Waals surface area contributed by atoms with Crippen LogP contribution in [0.1, 0.15) is 16.9 Å². The summed E-state index contributed by atoms with van der Waals surface area (Å²) in [6, 6.07) is 10.1. The maximum atomic E-state index is 11.7. The van der Waals surface area contributed by atoms with Gasteiger partial charge in [-0.2, -0.15) is 0 Å². The van der Waals surface area contributed by atoms with Crippen LogP contribution in [0, 0.1) is 0 Å². The smallest absolute Gasteiger partial charge is 0.238 e. The Morgan fingerprint density at radius 3 is 2.48 bits per heavy atom. The Balaban J connectivity index is 1.81. The highest BCUT2D eigenvalue weighted by molar-refractivity contribution is 7.89. The van der Waals surface area contributed by atoms with Crippen molar-refractivity contribution < 1.29 is 13.2 Å². The van der Waals surface area contributed by atoms with Crippen molar-refractivity contribution in [3.05, 3.63) is 52.2 Å². The molecule has 0 fully saturated rings. The number of rotatable bonds is 6. The third-order valence-electron chi connectivity index (χ3n) is 2.92. The fourth-order valence-corrected chi connectivity index (χ4v) is 3.00. The summed E-state index contributed by atoms with van der Waals surface area (Å²) in [5.74, 6) is -0.0288. The summed E-state index contributed by atoms with van der Waals surface area (Å²) in [5, 5.41) is 9.81. The summed E-state index contributed by atoms with van der Waals surface area (Å²) in [7, 11) is -3.67. The molecule has 0 bridgehead atoms. The first-order valence-electron chi connectivity index (χ1n) is 6.36. The molecule has 2 rings (SSSR count). The van der Waals surface area contributed by atoms with Gasteiger partial charge in [-0.05, 0) is 35.6 Å². The zero-order valence-electron chi connectivity index (χ0n) is 11.3. The van der Waals surface area contributed by atoms with Gasteiger partial charge in [-0.1, -0.05) is 18.2 Å². The molecule has 0 saturated heterocycles. The molecule has 0 radical (unpaired) electrons. The zero-order valence-corrected chi connectivity index (χ0v) is 12.9. The summed E-state index contributed by atoms with van der Waals surface area (Å²) in [6.07, 6.45) is 1.17. The van der Waals surface area contributed by atoms with Gasteiger partial charge in [0.2, 0.25) is 15.9 Å². The number of carbonyl (C=O) groups is 1. The molecule has 7 heteroatoms. The van der Waals surface area contributed by atoms with E-state index in [-0.39, 0.29) is 10.8 Å². The standard InChI is InChI=1S/C14H16N2O3S2/c15-21(18,19)13-6-3-11(4-7-13)10-16-14(17)8-5-12-2-1-9-20-12/h1-4,6-7,9H,5,8,10H2,(H,16,17)(H2,15,18,19). The molecule has 1 heterocycles. The normalized spacial score (nSPS) is 11.3. The van der Waals surface area contributed by atoms with E-state index in [4.69, 9.17) is 5.14 Å². The number of amides is 1. The lowest BCUT2D eigenvalue weighted by Gasteiger charge is -2.06. The van der Waals surface area contributed by atoms with E-state index in [0.29, 0.717) is 13.0 Å². The minimum Gasteiger partial charge on any atom is -0.352 e. The number of nitrogens with one attached hydrogen (secondary N) is 1. The predicted molar refractivity (Wildman–Crippen MR) is 82.3 cm³/mol. The number of benzene rings is 1. The van der Waals surface area contributed by atoms with Gasteiger partial charge in [-0.3, -0.25) is 4.79 Å². The third-order valence-corrected chi connectivity index (χ3v) is 4.79. The first-order valence-corrected chi connectivity index (χ1v) is 8.78. The van der Waals surface area contributed by atoms with Crippen LogP contribution in [0.2, 0.25) is 0 Å². The number of nitrogens with two attached hydrogens (primary N) is 1. The summed E-state index contributed by atoms with van der Waals surface area (Å²) >= 11 is 1.63. The van der Waals surface area contributed by atoms with Gasteiger partial charge in [-0.25, -0.2) is 13.6 Å². The Morgan fingerprint density at radius 2 is 1.90 bits per heavy atom. The van der Waals surface area contributed by atoms with Gasteiger partial charge in [-0.15, -0.1) is 11.3 Å². The first kappa shape index (κ1) is 15.7. The zero-order chi connectivity index (χ0) is 15.3. The highest BCUT2D eigenvalue weighted by Gasteiger charge is 2.07. The van der Waals surface area contributed by atoms with Gasteiger partial charge >= 0.3 is 0 Å². The van der Waals surface area contributed by atoms with Crippen molar-refractivity contribution in [3.63, 3.8) is 0 Å². The van der Waals surface area contributed by atoms with E-state index in [1.54, 1.807) is 23.5 Å².